The Labute approximate surface area is 105 Å². The van der Waals surface area contributed by atoms with Crippen molar-refractivity contribution < 1.29 is 0 Å². The molecule has 1 heterocycles. The Morgan fingerprint density at radius 2 is 2.18 bits per heavy atom. The number of nitrogens with one attached hydrogen (secondary N) is 1. The Morgan fingerprint density at radius 3 is 2.88 bits per heavy atom. The maximum absolute atomic E-state index is 4.49. The van der Waals surface area contributed by atoms with Crippen LogP contribution in [0.2, 0.25) is 0 Å². The quantitative estimate of drug-likeness (QED) is 0.842. The molecular weight excluding hydrogens is 208 g/mol. The lowest BCUT2D eigenvalue weighted by molar-refractivity contribution is 0.378. The highest BCUT2D eigenvalue weighted by atomic mass is 14.9. The SMILES string of the molecule is CCc1cccnc1CNC(C)C1CCCC1. The lowest BCUT2D eigenvalue weighted by Crippen LogP contribution is -2.32. The van der Waals surface area contributed by atoms with Crippen molar-refractivity contribution >= 4 is 0 Å². The predicted molar refractivity (Wildman–Crippen MR) is 71.9 cm³/mol. The average Bonchev–Trinajstić information content (AvgIpc) is 2.90. The lowest BCUT2D eigenvalue weighted by atomic mass is 9.99. The second-order valence-electron chi connectivity index (χ2n) is 5.18. The van der Waals surface area contributed by atoms with Gasteiger partial charge in [-0.1, -0.05) is 25.8 Å². The van der Waals surface area contributed by atoms with E-state index in [1.807, 2.05) is 12.3 Å². The summed E-state index contributed by atoms with van der Waals surface area (Å²) in [5.74, 6) is 0.879. The molecule has 1 N–H and O–H groups in total. The van der Waals surface area contributed by atoms with E-state index in [1.54, 1.807) is 0 Å². The van der Waals surface area contributed by atoms with E-state index in [9.17, 15) is 0 Å². The summed E-state index contributed by atoms with van der Waals surface area (Å²) < 4.78 is 0. The Balaban J connectivity index is 1.88. The Morgan fingerprint density at radius 1 is 1.41 bits per heavy atom. The highest BCUT2D eigenvalue weighted by molar-refractivity contribution is 5.19. The minimum Gasteiger partial charge on any atom is -0.308 e. The van der Waals surface area contributed by atoms with Gasteiger partial charge in [-0.25, -0.2) is 0 Å². The van der Waals surface area contributed by atoms with E-state index in [0.717, 1.165) is 18.9 Å². The third-order valence-electron chi connectivity index (χ3n) is 4.06. The molecule has 0 spiro atoms. The predicted octanol–water partition coefficient (Wildman–Crippen LogP) is 3.31. The van der Waals surface area contributed by atoms with E-state index >= 15 is 0 Å². The van der Waals surface area contributed by atoms with Crippen LogP contribution < -0.4 is 5.32 Å². The highest BCUT2D eigenvalue weighted by Gasteiger charge is 2.21. The fraction of sp³-hybridized carbons (Fsp3) is 0.667. The first-order valence-electron chi connectivity index (χ1n) is 6.97. The van der Waals surface area contributed by atoms with Crippen molar-refractivity contribution in [3.05, 3.63) is 29.6 Å². The summed E-state index contributed by atoms with van der Waals surface area (Å²) in [5.41, 5.74) is 2.60. The van der Waals surface area contributed by atoms with Crippen LogP contribution >= 0.6 is 0 Å². The molecule has 1 aliphatic rings. The maximum atomic E-state index is 4.49. The summed E-state index contributed by atoms with van der Waals surface area (Å²) in [4.78, 5) is 4.49. The molecule has 0 radical (unpaired) electrons. The van der Waals surface area contributed by atoms with Gasteiger partial charge in [0.15, 0.2) is 0 Å². The molecule has 1 atom stereocenters. The number of aryl methyl sites for hydroxylation is 1. The van der Waals surface area contributed by atoms with Crippen LogP contribution in [0.3, 0.4) is 0 Å². The number of rotatable bonds is 5. The fourth-order valence-electron chi connectivity index (χ4n) is 2.83. The van der Waals surface area contributed by atoms with Gasteiger partial charge in [-0.05, 0) is 43.7 Å². The number of aromatic nitrogens is 1. The van der Waals surface area contributed by atoms with Gasteiger partial charge in [-0.3, -0.25) is 4.98 Å². The molecule has 0 aliphatic heterocycles. The number of nitrogens with zero attached hydrogens (tertiary/aromatic N) is 1. The summed E-state index contributed by atoms with van der Waals surface area (Å²) in [6.07, 6.45) is 8.61. The molecule has 17 heavy (non-hydrogen) atoms. The zero-order chi connectivity index (χ0) is 12.1. The van der Waals surface area contributed by atoms with Gasteiger partial charge in [0.2, 0.25) is 0 Å². The van der Waals surface area contributed by atoms with Crippen molar-refractivity contribution in [2.75, 3.05) is 0 Å². The van der Waals surface area contributed by atoms with Gasteiger partial charge in [0.25, 0.3) is 0 Å². The van der Waals surface area contributed by atoms with E-state index in [0.29, 0.717) is 6.04 Å². The average molecular weight is 232 g/mol. The number of hydrogen-bond donors (Lipinski definition) is 1. The van der Waals surface area contributed by atoms with Gasteiger partial charge in [0.1, 0.15) is 0 Å². The van der Waals surface area contributed by atoms with Crippen LogP contribution in [0.4, 0.5) is 0 Å². The molecule has 1 aromatic heterocycles. The summed E-state index contributed by atoms with van der Waals surface area (Å²) in [6.45, 7) is 5.44. The largest absolute Gasteiger partial charge is 0.308 e. The van der Waals surface area contributed by atoms with Gasteiger partial charge in [0, 0.05) is 18.8 Å². The van der Waals surface area contributed by atoms with Crippen LogP contribution in [0.5, 0.6) is 0 Å². The Hall–Kier alpha value is -0.890. The first kappa shape index (κ1) is 12.6. The van der Waals surface area contributed by atoms with Crippen LogP contribution in [0.1, 0.15) is 50.8 Å². The molecule has 0 aromatic carbocycles. The minimum absolute atomic E-state index is 0.629. The lowest BCUT2D eigenvalue weighted by Gasteiger charge is -2.20. The van der Waals surface area contributed by atoms with Crippen LogP contribution in [0.25, 0.3) is 0 Å². The topological polar surface area (TPSA) is 24.9 Å². The first-order chi connectivity index (χ1) is 8.31. The third-order valence-corrected chi connectivity index (χ3v) is 4.06. The normalized spacial score (nSPS) is 18.5. The minimum atomic E-state index is 0.629. The van der Waals surface area contributed by atoms with Crippen LogP contribution in [-0.4, -0.2) is 11.0 Å². The molecule has 0 bridgehead atoms. The van der Waals surface area contributed by atoms with Gasteiger partial charge >= 0.3 is 0 Å². The zero-order valence-corrected chi connectivity index (χ0v) is 11.1. The van der Waals surface area contributed by atoms with Crippen LogP contribution in [0, 0.1) is 5.92 Å². The molecule has 0 saturated heterocycles. The number of hydrogen-bond acceptors (Lipinski definition) is 2. The molecule has 1 aliphatic carbocycles. The van der Waals surface area contributed by atoms with Crippen molar-refractivity contribution in [2.45, 2.75) is 58.5 Å². The smallest absolute Gasteiger partial charge is 0.0573 e. The molecule has 94 valence electrons. The van der Waals surface area contributed by atoms with Crippen molar-refractivity contribution in [3.8, 4) is 0 Å². The van der Waals surface area contributed by atoms with Crippen LogP contribution in [0.15, 0.2) is 18.3 Å². The van der Waals surface area contributed by atoms with E-state index in [4.69, 9.17) is 0 Å². The van der Waals surface area contributed by atoms with Crippen molar-refractivity contribution in [1.29, 1.82) is 0 Å². The molecule has 1 unspecified atom stereocenters. The standard InChI is InChI=1S/C15H24N2/c1-3-13-9-6-10-16-15(13)11-17-12(2)14-7-4-5-8-14/h6,9-10,12,14,17H,3-5,7-8,11H2,1-2H3. The van der Waals surface area contributed by atoms with Gasteiger partial charge in [-0.2, -0.15) is 0 Å². The van der Waals surface area contributed by atoms with Gasteiger partial charge < -0.3 is 5.32 Å². The van der Waals surface area contributed by atoms with Crippen molar-refractivity contribution in [3.63, 3.8) is 0 Å². The Bertz CT molecular complexity index is 343. The molecule has 2 rings (SSSR count). The summed E-state index contributed by atoms with van der Waals surface area (Å²) >= 11 is 0. The fourth-order valence-corrected chi connectivity index (χ4v) is 2.83. The molecule has 2 heteroatoms. The molecule has 0 amide bonds. The molecule has 2 nitrogen and oxygen atoms in total. The second-order valence-corrected chi connectivity index (χ2v) is 5.18. The van der Waals surface area contributed by atoms with E-state index in [2.05, 4.69) is 30.2 Å². The Kier molecular flexibility index (Phi) is 4.55. The molecule has 1 saturated carbocycles. The van der Waals surface area contributed by atoms with Gasteiger partial charge in [-0.15, -0.1) is 0 Å². The summed E-state index contributed by atoms with van der Waals surface area (Å²) in [5, 5.41) is 3.65. The van der Waals surface area contributed by atoms with Crippen molar-refractivity contribution in [1.82, 2.24) is 10.3 Å². The third kappa shape index (κ3) is 3.29. The van der Waals surface area contributed by atoms with E-state index < -0.39 is 0 Å². The van der Waals surface area contributed by atoms with E-state index in [-0.39, 0.29) is 0 Å². The monoisotopic (exact) mass is 232 g/mol. The second kappa shape index (κ2) is 6.15. The molecule has 1 fully saturated rings. The van der Waals surface area contributed by atoms with E-state index in [1.165, 1.54) is 36.9 Å². The molecular formula is C15H24N2. The highest BCUT2D eigenvalue weighted by Crippen LogP contribution is 2.27. The molecule has 1 aromatic rings. The van der Waals surface area contributed by atoms with Gasteiger partial charge in [0.05, 0.1) is 5.69 Å². The summed E-state index contributed by atoms with van der Waals surface area (Å²) in [6, 6.07) is 4.84. The van der Waals surface area contributed by atoms with Crippen molar-refractivity contribution in [2.24, 2.45) is 5.92 Å². The number of pyridine rings is 1. The van der Waals surface area contributed by atoms with Crippen LogP contribution in [-0.2, 0) is 13.0 Å². The zero-order valence-electron chi connectivity index (χ0n) is 11.1. The maximum Gasteiger partial charge on any atom is 0.0573 e. The summed E-state index contributed by atoms with van der Waals surface area (Å²) in [7, 11) is 0. The first-order valence-corrected chi connectivity index (χ1v) is 6.97.